The summed E-state index contributed by atoms with van der Waals surface area (Å²) in [6.07, 6.45) is -4.61. The summed E-state index contributed by atoms with van der Waals surface area (Å²) in [5.74, 6) is -2.65. The maximum Gasteiger partial charge on any atom is 0.391 e. The first-order valence-corrected chi connectivity index (χ1v) is 12.6. The molecule has 1 aromatic carbocycles. The molecule has 3 N–H and O–H groups in total. The number of carbonyl (C=O) groups is 1. The standard InChI is InChI=1S/C25H31ClF5N3O4/c1-4-34-21(16-6-5-15(10-14(3)25(29,30)31)11-17(16)38-23(27)28)19(26)20(33-34)22(36)32-12-24(37)8-7-13(2)9-18(24)35/h5-6,11,13-14,18,23,35,37H,4,7-10,12H2,1-3H3,(H,32,36)/t13-,14-,18-,24-/m0/s1. The van der Waals surface area contributed by atoms with Crippen LogP contribution in [0.25, 0.3) is 11.3 Å². The van der Waals surface area contributed by atoms with E-state index in [-0.39, 0.29) is 53.0 Å². The van der Waals surface area contributed by atoms with Crippen molar-refractivity contribution >= 4 is 17.5 Å². The maximum atomic E-state index is 13.2. The van der Waals surface area contributed by atoms with E-state index >= 15 is 0 Å². The van der Waals surface area contributed by atoms with E-state index in [0.717, 1.165) is 13.0 Å². The Morgan fingerprint density at radius 3 is 2.63 bits per heavy atom. The van der Waals surface area contributed by atoms with Crippen molar-refractivity contribution in [2.24, 2.45) is 11.8 Å². The van der Waals surface area contributed by atoms with Crippen LogP contribution in [0.2, 0.25) is 5.02 Å². The highest BCUT2D eigenvalue weighted by atomic mass is 35.5. The molecule has 7 nitrogen and oxygen atoms in total. The summed E-state index contributed by atoms with van der Waals surface area (Å²) in [5.41, 5.74) is -1.56. The van der Waals surface area contributed by atoms with E-state index in [1.165, 1.54) is 16.8 Å². The average molecular weight is 568 g/mol. The predicted octanol–water partition coefficient (Wildman–Crippen LogP) is 5.21. The zero-order valence-corrected chi connectivity index (χ0v) is 21.9. The van der Waals surface area contributed by atoms with Gasteiger partial charge in [0.1, 0.15) is 11.4 Å². The molecular weight excluding hydrogens is 537 g/mol. The van der Waals surface area contributed by atoms with Crippen LogP contribution in [0.4, 0.5) is 22.0 Å². The highest BCUT2D eigenvalue weighted by molar-refractivity contribution is 6.36. The largest absolute Gasteiger partial charge is 0.434 e. The minimum absolute atomic E-state index is 0.0161. The molecule has 0 saturated heterocycles. The fourth-order valence-electron chi connectivity index (χ4n) is 4.53. The number of aryl methyl sites for hydroxylation is 1. The molecular formula is C25H31ClF5N3O4. The molecule has 1 saturated carbocycles. The van der Waals surface area contributed by atoms with Gasteiger partial charge in [-0.2, -0.15) is 27.1 Å². The maximum absolute atomic E-state index is 13.2. The van der Waals surface area contributed by atoms with Gasteiger partial charge in [-0.3, -0.25) is 9.48 Å². The summed E-state index contributed by atoms with van der Waals surface area (Å²) in [5, 5.41) is 27.6. The van der Waals surface area contributed by atoms with Gasteiger partial charge < -0.3 is 20.3 Å². The fraction of sp³-hybridized carbons (Fsp3) is 0.600. The first kappa shape index (κ1) is 30.1. The molecule has 1 aliphatic rings. The number of amides is 1. The van der Waals surface area contributed by atoms with Gasteiger partial charge in [-0.25, -0.2) is 0 Å². The predicted molar refractivity (Wildman–Crippen MR) is 130 cm³/mol. The number of aliphatic hydroxyl groups excluding tert-OH is 1. The lowest BCUT2D eigenvalue weighted by atomic mass is 9.77. The first-order valence-electron chi connectivity index (χ1n) is 12.3. The van der Waals surface area contributed by atoms with E-state index in [2.05, 4.69) is 15.2 Å². The van der Waals surface area contributed by atoms with Crippen molar-refractivity contribution in [3.8, 4) is 17.0 Å². The van der Waals surface area contributed by atoms with Crippen molar-refractivity contribution in [3.05, 3.63) is 34.5 Å². The number of hydrogen-bond acceptors (Lipinski definition) is 5. The summed E-state index contributed by atoms with van der Waals surface area (Å²) in [7, 11) is 0. The highest BCUT2D eigenvalue weighted by Crippen LogP contribution is 2.39. The van der Waals surface area contributed by atoms with E-state index < -0.39 is 48.5 Å². The summed E-state index contributed by atoms with van der Waals surface area (Å²) >= 11 is 6.49. The van der Waals surface area contributed by atoms with Crippen molar-refractivity contribution in [2.75, 3.05) is 6.54 Å². The topological polar surface area (TPSA) is 96.6 Å². The quantitative estimate of drug-likeness (QED) is 0.362. The smallest absolute Gasteiger partial charge is 0.391 e. The van der Waals surface area contributed by atoms with Crippen LogP contribution in [0.5, 0.6) is 5.75 Å². The van der Waals surface area contributed by atoms with Crippen molar-refractivity contribution in [1.82, 2.24) is 15.1 Å². The number of nitrogens with zero attached hydrogens (tertiary/aromatic N) is 2. The van der Waals surface area contributed by atoms with Gasteiger partial charge in [-0.1, -0.05) is 31.5 Å². The molecule has 38 heavy (non-hydrogen) atoms. The number of halogens is 6. The van der Waals surface area contributed by atoms with Crippen molar-refractivity contribution in [3.63, 3.8) is 0 Å². The van der Waals surface area contributed by atoms with Crippen LogP contribution in [0.3, 0.4) is 0 Å². The lowest BCUT2D eigenvalue weighted by Crippen LogP contribution is -2.54. The lowest BCUT2D eigenvalue weighted by molar-refractivity contribution is -0.169. The number of nitrogens with one attached hydrogen (secondary N) is 1. The van der Waals surface area contributed by atoms with E-state index in [0.29, 0.717) is 12.8 Å². The van der Waals surface area contributed by atoms with Crippen LogP contribution in [-0.4, -0.2) is 56.9 Å². The van der Waals surface area contributed by atoms with Crippen LogP contribution < -0.4 is 10.1 Å². The Hall–Kier alpha value is -2.44. The van der Waals surface area contributed by atoms with Crippen LogP contribution in [0.15, 0.2) is 18.2 Å². The van der Waals surface area contributed by atoms with Gasteiger partial charge in [0.05, 0.1) is 22.7 Å². The molecule has 13 heteroatoms. The Bertz CT molecular complexity index is 1140. The molecule has 0 bridgehead atoms. The van der Waals surface area contributed by atoms with Crippen LogP contribution in [0.1, 0.15) is 56.1 Å². The Balaban J connectivity index is 1.92. The van der Waals surface area contributed by atoms with Gasteiger partial charge in [0.15, 0.2) is 5.69 Å². The molecule has 1 amide bonds. The Morgan fingerprint density at radius 2 is 2.05 bits per heavy atom. The monoisotopic (exact) mass is 567 g/mol. The molecule has 1 aromatic heterocycles. The SMILES string of the molecule is CCn1nc(C(=O)NC[C@@]2(O)CC[C@H](C)C[C@@H]2O)c(Cl)c1-c1ccc(C[C@H](C)C(F)(F)F)cc1OC(F)F. The normalized spacial score (nSPS) is 22.9. The molecule has 2 aromatic rings. The van der Waals surface area contributed by atoms with E-state index in [4.69, 9.17) is 11.6 Å². The number of aromatic nitrogens is 2. The Morgan fingerprint density at radius 1 is 1.37 bits per heavy atom. The zero-order valence-electron chi connectivity index (χ0n) is 21.2. The first-order chi connectivity index (χ1) is 17.7. The number of benzene rings is 1. The summed E-state index contributed by atoms with van der Waals surface area (Å²) in [6.45, 7) is 1.26. The van der Waals surface area contributed by atoms with Crippen LogP contribution in [0, 0.1) is 11.8 Å². The van der Waals surface area contributed by atoms with Gasteiger partial charge in [0, 0.05) is 18.7 Å². The number of alkyl halides is 5. The molecule has 4 atom stereocenters. The van der Waals surface area contributed by atoms with Crippen molar-refractivity contribution in [1.29, 1.82) is 0 Å². The summed E-state index contributed by atoms with van der Waals surface area (Å²) in [4.78, 5) is 12.9. The molecule has 0 radical (unpaired) electrons. The lowest BCUT2D eigenvalue weighted by Gasteiger charge is -2.39. The third-order valence-corrected chi connectivity index (χ3v) is 7.26. The second-order valence-corrected chi connectivity index (χ2v) is 10.2. The molecule has 1 aliphatic carbocycles. The molecule has 3 rings (SSSR count). The van der Waals surface area contributed by atoms with Crippen molar-refractivity contribution in [2.45, 2.75) is 77.5 Å². The number of ether oxygens (including phenoxy) is 1. The zero-order chi connectivity index (χ0) is 28.4. The molecule has 0 spiro atoms. The van der Waals surface area contributed by atoms with Crippen molar-refractivity contribution < 1.29 is 41.7 Å². The molecule has 0 aliphatic heterocycles. The number of aliphatic hydroxyl groups is 2. The fourth-order valence-corrected chi connectivity index (χ4v) is 4.85. The third-order valence-electron chi connectivity index (χ3n) is 6.90. The Kier molecular flexibility index (Phi) is 9.31. The number of rotatable bonds is 9. The van der Waals surface area contributed by atoms with E-state index in [1.807, 2.05) is 6.92 Å². The van der Waals surface area contributed by atoms with Gasteiger partial charge in [-0.15, -0.1) is 0 Å². The van der Waals surface area contributed by atoms with Gasteiger partial charge in [0.25, 0.3) is 5.91 Å². The Labute approximate surface area is 221 Å². The second kappa shape index (κ2) is 11.7. The van der Waals surface area contributed by atoms with Crippen LogP contribution >= 0.6 is 11.6 Å². The highest BCUT2D eigenvalue weighted by Gasteiger charge is 2.41. The average Bonchev–Trinajstić information content (AvgIpc) is 3.15. The second-order valence-electron chi connectivity index (χ2n) is 9.86. The number of carbonyl (C=O) groups excluding carboxylic acids is 1. The molecule has 1 fully saturated rings. The third kappa shape index (κ3) is 6.76. The molecule has 1 heterocycles. The minimum Gasteiger partial charge on any atom is -0.434 e. The van der Waals surface area contributed by atoms with E-state index in [9.17, 15) is 37.0 Å². The summed E-state index contributed by atoms with van der Waals surface area (Å²) < 4.78 is 71.4. The van der Waals surface area contributed by atoms with Crippen LogP contribution in [-0.2, 0) is 13.0 Å². The molecule has 0 unspecified atom stereocenters. The van der Waals surface area contributed by atoms with Gasteiger partial charge in [-0.05, 0) is 56.2 Å². The van der Waals surface area contributed by atoms with Gasteiger partial charge in [0.2, 0.25) is 0 Å². The molecule has 212 valence electrons. The van der Waals surface area contributed by atoms with Gasteiger partial charge >= 0.3 is 12.8 Å². The summed E-state index contributed by atoms with van der Waals surface area (Å²) in [6, 6.07) is 3.74. The van der Waals surface area contributed by atoms with E-state index in [1.54, 1.807) is 6.92 Å². The minimum atomic E-state index is -4.46. The number of hydrogen-bond donors (Lipinski definition) is 3.